The van der Waals surface area contributed by atoms with E-state index in [1.807, 2.05) is 0 Å². The van der Waals surface area contributed by atoms with E-state index in [4.69, 9.17) is 0 Å². The van der Waals surface area contributed by atoms with Crippen LogP contribution in [0.5, 0.6) is 0 Å². The molecule has 0 aliphatic rings. The van der Waals surface area contributed by atoms with Crippen LogP contribution in [0.25, 0.3) is 0 Å². The van der Waals surface area contributed by atoms with Crippen LogP contribution in [0.15, 0.2) is 9.72 Å². The van der Waals surface area contributed by atoms with Crippen molar-refractivity contribution in [3.63, 3.8) is 0 Å². The molecule has 0 fully saturated rings. The van der Waals surface area contributed by atoms with E-state index in [0.29, 0.717) is 0 Å². The predicted molar refractivity (Wildman–Crippen MR) is 49.7 cm³/mol. The minimum absolute atomic E-state index is 0.133. The minimum atomic E-state index is -3.64. The number of esters is 1. The maximum absolute atomic E-state index is 11.4. The summed E-state index contributed by atoms with van der Waals surface area (Å²) < 4.78 is 29.1. The Hall–Kier alpha value is -0.990. The predicted octanol–water partition coefficient (Wildman–Crippen LogP) is -0.162. The van der Waals surface area contributed by atoms with Crippen molar-refractivity contribution < 1.29 is 17.9 Å². The number of aromatic nitrogens is 1. The number of ether oxygens (including phenoxy) is 1. The van der Waals surface area contributed by atoms with Crippen molar-refractivity contribution >= 4 is 27.3 Å². The molecule has 0 radical (unpaired) electrons. The Kier molecular flexibility index (Phi) is 3.19. The maximum atomic E-state index is 11.4. The van der Waals surface area contributed by atoms with E-state index in [0.717, 1.165) is 18.4 Å². The van der Waals surface area contributed by atoms with E-state index in [2.05, 4.69) is 14.4 Å². The number of sulfonamides is 1. The highest BCUT2D eigenvalue weighted by Crippen LogP contribution is 2.19. The maximum Gasteiger partial charge on any atom is 0.358 e. The molecule has 0 saturated carbocycles. The van der Waals surface area contributed by atoms with E-state index in [-0.39, 0.29) is 9.90 Å². The smallest absolute Gasteiger partial charge is 0.358 e. The molecule has 6 nitrogen and oxygen atoms in total. The van der Waals surface area contributed by atoms with Crippen molar-refractivity contribution in [2.45, 2.75) is 4.21 Å². The topological polar surface area (TPSA) is 85.4 Å². The Labute approximate surface area is 85.0 Å². The average molecular weight is 236 g/mol. The van der Waals surface area contributed by atoms with Crippen LogP contribution in [0.2, 0.25) is 0 Å². The second-order valence-corrected chi connectivity index (χ2v) is 5.12. The standard InChI is InChI=1S/C6H8N2O4S2/c1-7-14(10,11)6-4(5(9)12-2)8-3-13-6/h3,7H,1-2H3. The van der Waals surface area contributed by atoms with Crippen LogP contribution in [0, 0.1) is 0 Å². The molecule has 1 rings (SSSR count). The van der Waals surface area contributed by atoms with E-state index in [1.165, 1.54) is 12.6 Å². The number of nitrogens with one attached hydrogen (secondary N) is 1. The quantitative estimate of drug-likeness (QED) is 0.737. The highest BCUT2D eigenvalue weighted by molar-refractivity contribution is 7.91. The summed E-state index contributed by atoms with van der Waals surface area (Å²) in [6.45, 7) is 0. The van der Waals surface area contributed by atoms with Gasteiger partial charge in [0.1, 0.15) is 0 Å². The van der Waals surface area contributed by atoms with Crippen molar-refractivity contribution in [3.05, 3.63) is 11.2 Å². The first-order valence-electron chi connectivity index (χ1n) is 3.48. The Morgan fingerprint density at radius 3 is 2.79 bits per heavy atom. The number of thiazole rings is 1. The highest BCUT2D eigenvalue weighted by Gasteiger charge is 2.24. The number of nitrogens with zero attached hydrogens (tertiary/aromatic N) is 1. The fraction of sp³-hybridized carbons (Fsp3) is 0.333. The zero-order valence-electron chi connectivity index (χ0n) is 7.47. The van der Waals surface area contributed by atoms with Crippen LogP contribution in [0.4, 0.5) is 0 Å². The van der Waals surface area contributed by atoms with Gasteiger partial charge >= 0.3 is 5.97 Å². The Balaban J connectivity index is 3.25. The summed E-state index contributed by atoms with van der Waals surface area (Å²) in [4.78, 5) is 14.7. The molecule has 1 heterocycles. The second-order valence-electron chi connectivity index (χ2n) is 2.19. The van der Waals surface area contributed by atoms with Crippen LogP contribution in [-0.4, -0.2) is 33.5 Å². The number of carbonyl (C=O) groups excluding carboxylic acids is 1. The third kappa shape index (κ3) is 1.91. The fourth-order valence-corrected chi connectivity index (χ4v) is 2.71. The van der Waals surface area contributed by atoms with Crippen LogP contribution in [-0.2, 0) is 14.8 Å². The third-order valence-electron chi connectivity index (χ3n) is 1.43. The largest absolute Gasteiger partial charge is 0.464 e. The molecule has 0 atom stereocenters. The Morgan fingerprint density at radius 1 is 1.64 bits per heavy atom. The first-order chi connectivity index (χ1) is 6.53. The molecular formula is C6H8N2O4S2. The first-order valence-corrected chi connectivity index (χ1v) is 5.84. The number of carbonyl (C=O) groups is 1. The molecule has 0 saturated heterocycles. The molecule has 0 aromatic carbocycles. The van der Waals surface area contributed by atoms with Gasteiger partial charge in [0.25, 0.3) is 10.0 Å². The van der Waals surface area contributed by atoms with Gasteiger partial charge < -0.3 is 4.74 Å². The van der Waals surface area contributed by atoms with Gasteiger partial charge in [0, 0.05) is 0 Å². The number of hydrogen-bond acceptors (Lipinski definition) is 6. The van der Waals surface area contributed by atoms with Gasteiger partial charge in [0.2, 0.25) is 0 Å². The zero-order chi connectivity index (χ0) is 10.8. The Bertz CT molecular complexity index is 436. The summed E-state index contributed by atoms with van der Waals surface area (Å²) in [6, 6.07) is 0. The lowest BCUT2D eigenvalue weighted by Gasteiger charge is -2.00. The molecule has 0 unspecified atom stereocenters. The summed E-state index contributed by atoms with van der Waals surface area (Å²) >= 11 is 0.862. The average Bonchev–Trinajstić information content (AvgIpc) is 2.65. The van der Waals surface area contributed by atoms with Crippen molar-refractivity contribution in [1.82, 2.24) is 9.71 Å². The van der Waals surface area contributed by atoms with Crippen LogP contribution in [0.3, 0.4) is 0 Å². The van der Waals surface area contributed by atoms with Gasteiger partial charge in [-0.2, -0.15) is 0 Å². The van der Waals surface area contributed by atoms with Gasteiger partial charge in [0.05, 0.1) is 12.6 Å². The van der Waals surface area contributed by atoms with E-state index in [1.54, 1.807) is 0 Å². The van der Waals surface area contributed by atoms with Gasteiger partial charge in [-0.05, 0) is 7.05 Å². The summed E-state index contributed by atoms with van der Waals surface area (Å²) in [5.74, 6) is -0.764. The monoisotopic (exact) mass is 236 g/mol. The SMILES string of the molecule is CNS(=O)(=O)c1scnc1C(=O)OC. The molecule has 0 aliphatic heterocycles. The van der Waals surface area contributed by atoms with Crippen LogP contribution >= 0.6 is 11.3 Å². The molecule has 8 heteroatoms. The molecule has 1 aromatic heterocycles. The summed E-state index contributed by atoms with van der Waals surface area (Å²) in [5, 5.41) is 0. The first kappa shape index (κ1) is 11.1. The molecule has 1 aromatic rings. The molecule has 0 aliphatic carbocycles. The lowest BCUT2D eigenvalue weighted by molar-refractivity contribution is 0.0590. The van der Waals surface area contributed by atoms with Crippen molar-refractivity contribution in [2.24, 2.45) is 0 Å². The molecular weight excluding hydrogens is 228 g/mol. The molecule has 1 N–H and O–H groups in total. The van der Waals surface area contributed by atoms with Gasteiger partial charge in [-0.3, -0.25) is 0 Å². The summed E-state index contributed by atoms with van der Waals surface area (Å²) in [7, 11) is -1.21. The lowest BCUT2D eigenvalue weighted by atomic mass is 10.5. The van der Waals surface area contributed by atoms with Gasteiger partial charge in [-0.15, -0.1) is 11.3 Å². The molecule has 0 spiro atoms. The summed E-state index contributed by atoms with van der Waals surface area (Å²) in [6.07, 6.45) is 0. The zero-order valence-corrected chi connectivity index (χ0v) is 9.11. The van der Waals surface area contributed by atoms with Gasteiger partial charge in [-0.1, -0.05) is 0 Å². The molecule has 14 heavy (non-hydrogen) atoms. The Morgan fingerprint density at radius 2 is 2.29 bits per heavy atom. The van der Waals surface area contributed by atoms with Crippen molar-refractivity contribution in [1.29, 1.82) is 0 Å². The molecule has 0 bridgehead atoms. The molecule has 78 valence electrons. The van der Waals surface area contributed by atoms with Crippen LogP contribution in [0.1, 0.15) is 10.5 Å². The normalized spacial score (nSPS) is 11.3. The fourth-order valence-electron chi connectivity index (χ4n) is 0.751. The van der Waals surface area contributed by atoms with Gasteiger partial charge in [0.15, 0.2) is 9.90 Å². The van der Waals surface area contributed by atoms with E-state index in [9.17, 15) is 13.2 Å². The number of methoxy groups -OCH3 is 1. The van der Waals surface area contributed by atoms with E-state index < -0.39 is 16.0 Å². The third-order valence-corrected chi connectivity index (χ3v) is 4.21. The van der Waals surface area contributed by atoms with E-state index >= 15 is 0 Å². The summed E-state index contributed by atoms with van der Waals surface area (Å²) in [5.41, 5.74) is 1.09. The second kappa shape index (κ2) is 4.03. The van der Waals surface area contributed by atoms with Crippen molar-refractivity contribution in [3.8, 4) is 0 Å². The van der Waals surface area contributed by atoms with Gasteiger partial charge in [-0.25, -0.2) is 22.9 Å². The minimum Gasteiger partial charge on any atom is -0.464 e. The molecule has 0 amide bonds. The number of rotatable bonds is 3. The number of hydrogen-bond donors (Lipinski definition) is 1. The van der Waals surface area contributed by atoms with Crippen molar-refractivity contribution in [2.75, 3.05) is 14.2 Å². The lowest BCUT2D eigenvalue weighted by Crippen LogP contribution is -2.20. The highest BCUT2D eigenvalue weighted by atomic mass is 32.2. The van der Waals surface area contributed by atoms with Crippen LogP contribution < -0.4 is 4.72 Å².